The summed E-state index contributed by atoms with van der Waals surface area (Å²) in [5, 5.41) is 10.8. The SMILES string of the molecule is CC(C)c1cc(CNS(C)(=O)=O)c([N+](=O)[O-])cc1F. The van der Waals surface area contributed by atoms with Crippen LogP contribution in [0, 0.1) is 15.9 Å². The van der Waals surface area contributed by atoms with Crippen LogP contribution in [-0.2, 0) is 16.6 Å². The summed E-state index contributed by atoms with van der Waals surface area (Å²) in [4.78, 5) is 10.1. The van der Waals surface area contributed by atoms with Gasteiger partial charge in [-0.25, -0.2) is 17.5 Å². The van der Waals surface area contributed by atoms with Crippen molar-refractivity contribution in [1.29, 1.82) is 0 Å². The zero-order valence-corrected chi connectivity index (χ0v) is 11.6. The third kappa shape index (κ3) is 4.25. The summed E-state index contributed by atoms with van der Waals surface area (Å²) >= 11 is 0. The largest absolute Gasteiger partial charge is 0.276 e. The van der Waals surface area contributed by atoms with Crippen molar-refractivity contribution < 1.29 is 17.7 Å². The van der Waals surface area contributed by atoms with Gasteiger partial charge in [-0.2, -0.15) is 0 Å². The summed E-state index contributed by atoms with van der Waals surface area (Å²) in [6, 6.07) is 2.16. The van der Waals surface area contributed by atoms with Crippen molar-refractivity contribution in [3.05, 3.63) is 39.2 Å². The molecular formula is C11H15FN2O4S. The van der Waals surface area contributed by atoms with Gasteiger partial charge in [-0.15, -0.1) is 0 Å². The van der Waals surface area contributed by atoms with E-state index in [0.717, 1.165) is 12.3 Å². The molecule has 0 aromatic heterocycles. The van der Waals surface area contributed by atoms with Gasteiger partial charge < -0.3 is 0 Å². The van der Waals surface area contributed by atoms with E-state index in [4.69, 9.17) is 0 Å². The minimum Gasteiger partial charge on any atom is -0.258 e. The van der Waals surface area contributed by atoms with Crippen molar-refractivity contribution in [2.24, 2.45) is 0 Å². The number of nitro benzene ring substituents is 1. The van der Waals surface area contributed by atoms with E-state index in [0.29, 0.717) is 5.56 Å². The minimum atomic E-state index is -3.47. The molecule has 0 saturated carbocycles. The predicted octanol–water partition coefficient (Wildman–Crippen LogP) is 1.91. The highest BCUT2D eigenvalue weighted by atomic mass is 32.2. The third-order valence-electron chi connectivity index (χ3n) is 2.54. The maximum Gasteiger partial charge on any atom is 0.276 e. The maximum atomic E-state index is 13.7. The molecule has 0 aliphatic carbocycles. The number of benzene rings is 1. The van der Waals surface area contributed by atoms with E-state index in [1.165, 1.54) is 6.07 Å². The molecule has 0 atom stereocenters. The second-order valence-electron chi connectivity index (χ2n) is 4.51. The topological polar surface area (TPSA) is 89.3 Å². The van der Waals surface area contributed by atoms with Gasteiger partial charge in [-0.3, -0.25) is 10.1 Å². The number of sulfonamides is 1. The number of hydrogen-bond donors (Lipinski definition) is 1. The summed E-state index contributed by atoms with van der Waals surface area (Å²) in [6.07, 6.45) is 0.950. The van der Waals surface area contributed by atoms with E-state index in [9.17, 15) is 22.9 Å². The van der Waals surface area contributed by atoms with Crippen LogP contribution in [0.4, 0.5) is 10.1 Å². The fraction of sp³-hybridized carbons (Fsp3) is 0.455. The first-order valence-corrected chi connectivity index (χ1v) is 7.42. The number of nitro groups is 1. The second-order valence-corrected chi connectivity index (χ2v) is 6.34. The Morgan fingerprint density at radius 3 is 2.42 bits per heavy atom. The van der Waals surface area contributed by atoms with Crippen molar-refractivity contribution >= 4 is 15.7 Å². The third-order valence-corrected chi connectivity index (χ3v) is 3.21. The van der Waals surface area contributed by atoms with E-state index < -0.39 is 26.5 Å². The van der Waals surface area contributed by atoms with Crippen LogP contribution < -0.4 is 4.72 Å². The average Bonchev–Trinajstić information content (AvgIpc) is 2.25. The Bertz CT molecular complexity index is 599. The first-order valence-electron chi connectivity index (χ1n) is 5.53. The van der Waals surface area contributed by atoms with Crippen LogP contribution in [-0.4, -0.2) is 19.6 Å². The summed E-state index contributed by atoms with van der Waals surface area (Å²) < 4.78 is 37.9. The lowest BCUT2D eigenvalue weighted by Gasteiger charge is -2.10. The fourth-order valence-electron chi connectivity index (χ4n) is 1.59. The molecule has 0 spiro atoms. The van der Waals surface area contributed by atoms with Crippen LogP contribution in [0.15, 0.2) is 12.1 Å². The van der Waals surface area contributed by atoms with Crippen molar-refractivity contribution in [3.63, 3.8) is 0 Å². The van der Waals surface area contributed by atoms with Crippen LogP contribution in [0.3, 0.4) is 0 Å². The summed E-state index contributed by atoms with van der Waals surface area (Å²) in [5.41, 5.74) is 0.0227. The van der Waals surface area contributed by atoms with Gasteiger partial charge in [-0.05, 0) is 17.5 Å². The van der Waals surface area contributed by atoms with Crippen LogP contribution in [0.25, 0.3) is 0 Å². The zero-order valence-electron chi connectivity index (χ0n) is 10.8. The van der Waals surface area contributed by atoms with E-state index in [2.05, 4.69) is 4.72 Å². The Balaban J connectivity index is 3.25. The molecule has 0 unspecified atom stereocenters. The molecule has 0 aliphatic rings. The van der Waals surface area contributed by atoms with Crippen LogP contribution in [0.5, 0.6) is 0 Å². The first kappa shape index (κ1) is 15.5. The molecule has 6 nitrogen and oxygen atoms in total. The Morgan fingerprint density at radius 1 is 1.42 bits per heavy atom. The van der Waals surface area contributed by atoms with Gasteiger partial charge in [0.25, 0.3) is 5.69 Å². The highest BCUT2D eigenvalue weighted by Gasteiger charge is 2.20. The zero-order chi connectivity index (χ0) is 14.8. The second kappa shape index (κ2) is 5.62. The monoisotopic (exact) mass is 290 g/mol. The van der Waals surface area contributed by atoms with Crippen LogP contribution >= 0.6 is 0 Å². The molecule has 0 fully saturated rings. The van der Waals surface area contributed by atoms with Crippen molar-refractivity contribution in [2.75, 3.05) is 6.26 Å². The van der Waals surface area contributed by atoms with Gasteiger partial charge in [0, 0.05) is 12.1 Å². The van der Waals surface area contributed by atoms with Gasteiger partial charge in [-0.1, -0.05) is 13.8 Å². The predicted molar refractivity (Wildman–Crippen MR) is 68.8 cm³/mol. The van der Waals surface area contributed by atoms with Gasteiger partial charge >= 0.3 is 0 Å². The lowest BCUT2D eigenvalue weighted by Crippen LogP contribution is -2.22. The molecule has 0 radical (unpaired) electrons. The Labute approximate surface area is 110 Å². The van der Waals surface area contributed by atoms with Gasteiger partial charge in [0.05, 0.1) is 17.2 Å². The Kier molecular flexibility index (Phi) is 4.59. The fourth-order valence-corrected chi connectivity index (χ4v) is 2.01. The van der Waals surface area contributed by atoms with E-state index in [1.807, 2.05) is 0 Å². The molecule has 1 N–H and O–H groups in total. The molecule has 0 aliphatic heterocycles. The molecule has 0 bridgehead atoms. The van der Waals surface area contributed by atoms with Gasteiger partial charge in [0.1, 0.15) is 5.82 Å². The highest BCUT2D eigenvalue weighted by molar-refractivity contribution is 7.88. The Hall–Kier alpha value is -1.54. The molecule has 0 heterocycles. The molecule has 106 valence electrons. The minimum absolute atomic E-state index is 0.139. The molecule has 8 heteroatoms. The Morgan fingerprint density at radius 2 is 2.00 bits per heavy atom. The van der Waals surface area contributed by atoms with Crippen LogP contribution in [0.2, 0.25) is 0 Å². The summed E-state index contributed by atoms with van der Waals surface area (Å²) in [5.74, 6) is -0.817. The quantitative estimate of drug-likeness (QED) is 0.662. The van der Waals surface area contributed by atoms with Crippen molar-refractivity contribution in [1.82, 2.24) is 4.72 Å². The highest BCUT2D eigenvalue weighted by Crippen LogP contribution is 2.27. The number of nitrogens with one attached hydrogen (secondary N) is 1. The van der Waals surface area contributed by atoms with Gasteiger partial charge in [0.15, 0.2) is 0 Å². The van der Waals surface area contributed by atoms with Crippen molar-refractivity contribution in [2.45, 2.75) is 26.3 Å². The first-order chi connectivity index (χ1) is 8.61. The number of nitrogens with zero attached hydrogens (tertiary/aromatic N) is 1. The van der Waals surface area contributed by atoms with Crippen LogP contribution in [0.1, 0.15) is 30.9 Å². The van der Waals surface area contributed by atoms with E-state index in [-0.39, 0.29) is 18.0 Å². The normalized spacial score (nSPS) is 11.8. The molecule has 1 aromatic carbocycles. The number of rotatable bonds is 5. The number of halogens is 1. The summed E-state index contributed by atoms with van der Waals surface area (Å²) in [7, 11) is -3.47. The number of hydrogen-bond acceptors (Lipinski definition) is 4. The molecular weight excluding hydrogens is 275 g/mol. The van der Waals surface area contributed by atoms with Gasteiger partial charge in [0.2, 0.25) is 10.0 Å². The van der Waals surface area contributed by atoms with E-state index in [1.54, 1.807) is 13.8 Å². The molecule has 1 rings (SSSR count). The smallest absolute Gasteiger partial charge is 0.258 e. The maximum absolute atomic E-state index is 13.7. The molecule has 19 heavy (non-hydrogen) atoms. The standard InChI is InChI=1S/C11H15FN2O4S/c1-7(2)9-4-8(6-13-19(3,17)18)11(14(15)16)5-10(9)12/h4-5,7,13H,6H2,1-3H3. The van der Waals surface area contributed by atoms with E-state index >= 15 is 0 Å². The molecule has 0 saturated heterocycles. The lowest BCUT2D eigenvalue weighted by atomic mass is 9.99. The molecule has 1 aromatic rings. The molecule has 0 amide bonds. The average molecular weight is 290 g/mol. The lowest BCUT2D eigenvalue weighted by molar-refractivity contribution is -0.385. The van der Waals surface area contributed by atoms with Crippen molar-refractivity contribution in [3.8, 4) is 0 Å². The summed E-state index contributed by atoms with van der Waals surface area (Å²) in [6.45, 7) is 3.26.